The van der Waals surface area contributed by atoms with E-state index in [4.69, 9.17) is 23.5 Å². The monoisotopic (exact) mass is 298 g/mol. The third-order valence-electron chi connectivity index (χ3n) is 2.94. The maximum atomic E-state index is 8.58. The van der Waals surface area contributed by atoms with Crippen molar-refractivity contribution >= 4 is 28.8 Å². The number of benzene rings is 1. The molecule has 0 spiro atoms. The van der Waals surface area contributed by atoms with Gasteiger partial charge in [0, 0.05) is 23.3 Å². The standard InChI is InChI=1S/C14H14N6S/c15-14(21)20(13-7-3-4-9-17-13)10-8-11-5-1-2-6-12(11)18-19-16/h1-7,9H,8,10H2,(H2,15,21). The Morgan fingerprint density at radius 3 is 2.71 bits per heavy atom. The molecule has 0 atom stereocenters. The molecule has 106 valence electrons. The number of aromatic nitrogens is 1. The number of anilines is 1. The Balaban J connectivity index is 2.17. The van der Waals surface area contributed by atoms with Crippen LogP contribution in [0.3, 0.4) is 0 Å². The maximum absolute atomic E-state index is 8.58. The molecule has 21 heavy (non-hydrogen) atoms. The molecule has 0 saturated heterocycles. The van der Waals surface area contributed by atoms with E-state index >= 15 is 0 Å². The lowest BCUT2D eigenvalue weighted by atomic mass is 10.1. The van der Waals surface area contributed by atoms with Crippen molar-refractivity contribution in [2.24, 2.45) is 10.8 Å². The average Bonchev–Trinajstić information content (AvgIpc) is 2.50. The molecule has 0 radical (unpaired) electrons. The van der Waals surface area contributed by atoms with Crippen molar-refractivity contribution in [1.82, 2.24) is 4.98 Å². The van der Waals surface area contributed by atoms with Gasteiger partial charge in [-0.15, -0.1) is 0 Å². The van der Waals surface area contributed by atoms with Gasteiger partial charge in [-0.25, -0.2) is 4.98 Å². The van der Waals surface area contributed by atoms with Crippen LogP contribution in [0.4, 0.5) is 11.5 Å². The molecule has 7 heteroatoms. The Kier molecular flexibility index (Phi) is 5.09. The minimum absolute atomic E-state index is 0.259. The summed E-state index contributed by atoms with van der Waals surface area (Å²) >= 11 is 5.08. The first-order valence-corrected chi connectivity index (χ1v) is 6.74. The summed E-state index contributed by atoms with van der Waals surface area (Å²) in [5.74, 6) is 0.700. The molecule has 1 heterocycles. The number of nitrogens with zero attached hydrogens (tertiary/aromatic N) is 5. The second kappa shape index (κ2) is 7.23. The molecular weight excluding hydrogens is 284 g/mol. The number of azide groups is 1. The van der Waals surface area contributed by atoms with E-state index in [1.807, 2.05) is 36.4 Å². The number of thiocarbonyl (C=S) groups is 1. The average molecular weight is 298 g/mol. The van der Waals surface area contributed by atoms with E-state index in [-0.39, 0.29) is 5.11 Å². The smallest absolute Gasteiger partial charge is 0.171 e. The van der Waals surface area contributed by atoms with Crippen LogP contribution >= 0.6 is 12.2 Å². The molecule has 2 rings (SSSR count). The van der Waals surface area contributed by atoms with Crippen LogP contribution in [0.2, 0.25) is 0 Å². The highest BCUT2D eigenvalue weighted by Gasteiger charge is 2.11. The quantitative estimate of drug-likeness (QED) is 0.397. The van der Waals surface area contributed by atoms with Crippen molar-refractivity contribution < 1.29 is 0 Å². The van der Waals surface area contributed by atoms with E-state index < -0.39 is 0 Å². The third kappa shape index (κ3) is 3.92. The minimum atomic E-state index is 0.259. The van der Waals surface area contributed by atoms with Crippen LogP contribution in [0, 0.1) is 0 Å². The zero-order chi connectivity index (χ0) is 15.1. The molecule has 0 unspecified atom stereocenters. The molecule has 6 nitrogen and oxygen atoms in total. The van der Waals surface area contributed by atoms with Gasteiger partial charge >= 0.3 is 0 Å². The van der Waals surface area contributed by atoms with Crippen LogP contribution in [0.1, 0.15) is 5.56 Å². The predicted molar refractivity (Wildman–Crippen MR) is 87.3 cm³/mol. The molecule has 0 aliphatic rings. The van der Waals surface area contributed by atoms with Crippen LogP contribution < -0.4 is 10.6 Å². The summed E-state index contributed by atoms with van der Waals surface area (Å²) in [4.78, 5) is 8.84. The van der Waals surface area contributed by atoms with Crippen molar-refractivity contribution in [1.29, 1.82) is 0 Å². The molecule has 0 aliphatic carbocycles. The van der Waals surface area contributed by atoms with Gasteiger partial charge < -0.3 is 10.6 Å². The summed E-state index contributed by atoms with van der Waals surface area (Å²) in [7, 11) is 0. The van der Waals surface area contributed by atoms with Gasteiger partial charge in [0.05, 0.1) is 0 Å². The molecule has 1 aromatic carbocycles. The van der Waals surface area contributed by atoms with Gasteiger partial charge in [0.2, 0.25) is 0 Å². The fourth-order valence-corrected chi connectivity index (χ4v) is 2.14. The molecule has 0 saturated carbocycles. The van der Waals surface area contributed by atoms with E-state index in [9.17, 15) is 0 Å². The van der Waals surface area contributed by atoms with Crippen LogP contribution in [-0.2, 0) is 6.42 Å². The number of nitrogens with two attached hydrogens (primary N) is 1. The molecular formula is C14H14N6S. The fraction of sp³-hybridized carbons (Fsp3) is 0.143. The second-order valence-electron chi connectivity index (χ2n) is 4.25. The zero-order valence-electron chi connectivity index (χ0n) is 11.3. The van der Waals surface area contributed by atoms with Gasteiger partial charge in [0.1, 0.15) is 5.82 Å². The number of rotatable bonds is 5. The van der Waals surface area contributed by atoms with Crippen molar-refractivity contribution in [3.63, 3.8) is 0 Å². The van der Waals surface area contributed by atoms with Gasteiger partial charge in [-0.2, -0.15) is 0 Å². The van der Waals surface area contributed by atoms with Gasteiger partial charge in [-0.1, -0.05) is 35.4 Å². The van der Waals surface area contributed by atoms with E-state index in [1.165, 1.54) is 0 Å². The Morgan fingerprint density at radius 1 is 1.29 bits per heavy atom. The second-order valence-corrected chi connectivity index (χ2v) is 4.66. The Labute approximate surface area is 127 Å². The highest BCUT2D eigenvalue weighted by Crippen LogP contribution is 2.20. The summed E-state index contributed by atoms with van der Waals surface area (Å²) in [6.45, 7) is 0.560. The Hall–Kier alpha value is -2.63. The Morgan fingerprint density at radius 2 is 2.05 bits per heavy atom. The van der Waals surface area contributed by atoms with Gasteiger partial charge in [-0.05, 0) is 41.9 Å². The highest BCUT2D eigenvalue weighted by atomic mass is 32.1. The lowest BCUT2D eigenvalue weighted by Gasteiger charge is -2.21. The summed E-state index contributed by atoms with van der Waals surface area (Å²) in [6.07, 6.45) is 2.33. The summed E-state index contributed by atoms with van der Waals surface area (Å²) in [5, 5.41) is 3.94. The lowest BCUT2D eigenvalue weighted by Crippen LogP contribution is -2.37. The predicted octanol–water partition coefficient (Wildman–Crippen LogP) is 3.32. The molecule has 1 aromatic heterocycles. The highest BCUT2D eigenvalue weighted by molar-refractivity contribution is 7.80. The van der Waals surface area contributed by atoms with E-state index in [2.05, 4.69) is 15.0 Å². The van der Waals surface area contributed by atoms with E-state index in [0.717, 1.165) is 5.56 Å². The van der Waals surface area contributed by atoms with Crippen molar-refractivity contribution in [2.75, 3.05) is 11.4 Å². The number of hydrogen-bond acceptors (Lipinski definition) is 3. The summed E-state index contributed by atoms with van der Waals surface area (Å²) in [5.41, 5.74) is 15.9. The first kappa shape index (κ1) is 14.8. The van der Waals surface area contributed by atoms with Crippen molar-refractivity contribution in [2.45, 2.75) is 6.42 Å². The number of hydrogen-bond donors (Lipinski definition) is 1. The number of pyridine rings is 1. The van der Waals surface area contributed by atoms with Gasteiger partial charge in [-0.3, -0.25) is 0 Å². The van der Waals surface area contributed by atoms with Crippen LogP contribution in [0.5, 0.6) is 0 Å². The van der Waals surface area contributed by atoms with Crippen molar-refractivity contribution in [3.05, 3.63) is 64.7 Å². The van der Waals surface area contributed by atoms with E-state index in [1.54, 1.807) is 17.2 Å². The van der Waals surface area contributed by atoms with Crippen LogP contribution in [0.15, 0.2) is 53.8 Å². The minimum Gasteiger partial charge on any atom is -0.376 e. The SMILES string of the molecule is [N-]=[N+]=Nc1ccccc1CCN(C(N)=S)c1ccccn1. The van der Waals surface area contributed by atoms with Crippen molar-refractivity contribution in [3.8, 4) is 0 Å². The maximum Gasteiger partial charge on any atom is 0.171 e. The first-order chi connectivity index (χ1) is 10.2. The molecule has 0 aliphatic heterocycles. The first-order valence-electron chi connectivity index (χ1n) is 6.33. The molecule has 2 N–H and O–H groups in total. The fourth-order valence-electron chi connectivity index (χ4n) is 1.95. The third-order valence-corrected chi connectivity index (χ3v) is 3.16. The summed E-state index contributed by atoms with van der Waals surface area (Å²) < 4.78 is 0. The van der Waals surface area contributed by atoms with E-state index in [0.29, 0.717) is 24.5 Å². The Bertz CT molecular complexity index is 666. The molecule has 0 amide bonds. The zero-order valence-corrected chi connectivity index (χ0v) is 12.1. The largest absolute Gasteiger partial charge is 0.376 e. The topological polar surface area (TPSA) is 90.9 Å². The lowest BCUT2D eigenvalue weighted by molar-refractivity contribution is 0.918. The summed E-state index contributed by atoms with van der Waals surface area (Å²) in [6, 6.07) is 13.0. The van der Waals surface area contributed by atoms with Gasteiger partial charge in [0.15, 0.2) is 5.11 Å². The van der Waals surface area contributed by atoms with Crippen LogP contribution in [-0.4, -0.2) is 16.6 Å². The molecule has 2 aromatic rings. The van der Waals surface area contributed by atoms with Gasteiger partial charge in [0.25, 0.3) is 0 Å². The molecule has 0 bridgehead atoms. The van der Waals surface area contributed by atoms with Crippen LogP contribution in [0.25, 0.3) is 10.4 Å². The normalized spacial score (nSPS) is 9.71. The molecule has 0 fully saturated rings.